The highest BCUT2D eigenvalue weighted by atomic mass is 32.2. The van der Waals surface area contributed by atoms with Crippen molar-refractivity contribution in [3.05, 3.63) is 17.0 Å². The van der Waals surface area contributed by atoms with Crippen molar-refractivity contribution in [3.8, 4) is 0 Å². The summed E-state index contributed by atoms with van der Waals surface area (Å²) in [6.45, 7) is 8.55. The van der Waals surface area contributed by atoms with Crippen molar-refractivity contribution in [1.29, 1.82) is 0 Å². The van der Waals surface area contributed by atoms with Crippen molar-refractivity contribution in [3.63, 3.8) is 0 Å². The molecule has 0 bridgehead atoms. The second-order valence-electron chi connectivity index (χ2n) is 4.51. The van der Waals surface area contributed by atoms with Crippen LogP contribution in [0.25, 0.3) is 0 Å². The van der Waals surface area contributed by atoms with Crippen molar-refractivity contribution in [2.75, 3.05) is 0 Å². The van der Waals surface area contributed by atoms with Gasteiger partial charge >= 0.3 is 0 Å². The van der Waals surface area contributed by atoms with E-state index in [1.165, 1.54) is 10.5 Å². The summed E-state index contributed by atoms with van der Waals surface area (Å²) in [7, 11) is 0. The SMILES string of the molecule is Cc1nc(C(C)(C)C)c(Sc2ncn[nH]2)s1. The summed E-state index contributed by atoms with van der Waals surface area (Å²) in [6, 6.07) is 0. The fraction of sp³-hybridized carbons (Fsp3) is 0.500. The number of thiazole rings is 1. The lowest BCUT2D eigenvalue weighted by Gasteiger charge is -2.16. The predicted molar refractivity (Wildman–Crippen MR) is 66.1 cm³/mol. The number of aromatic amines is 1. The molecule has 0 saturated heterocycles. The minimum Gasteiger partial charge on any atom is -0.254 e. The number of hydrogen-bond acceptors (Lipinski definition) is 5. The molecule has 0 fully saturated rings. The molecule has 2 rings (SSSR count). The molecule has 4 nitrogen and oxygen atoms in total. The first kappa shape index (κ1) is 11.6. The summed E-state index contributed by atoms with van der Waals surface area (Å²) in [6.07, 6.45) is 1.52. The van der Waals surface area contributed by atoms with Gasteiger partial charge in [0.2, 0.25) is 0 Å². The van der Waals surface area contributed by atoms with E-state index in [-0.39, 0.29) is 5.41 Å². The van der Waals surface area contributed by atoms with Crippen LogP contribution in [-0.2, 0) is 5.41 Å². The Morgan fingerprint density at radius 1 is 1.38 bits per heavy atom. The van der Waals surface area contributed by atoms with Crippen LogP contribution < -0.4 is 0 Å². The zero-order valence-corrected chi connectivity index (χ0v) is 11.4. The normalized spacial score (nSPS) is 12.0. The standard InChI is InChI=1S/C10H14N4S2/c1-6-13-7(10(2,3)4)8(15-6)16-9-11-5-12-14-9/h5H,1-4H3,(H,11,12,14). The number of hydrogen-bond donors (Lipinski definition) is 1. The molecule has 0 spiro atoms. The summed E-state index contributed by atoms with van der Waals surface area (Å²) < 4.78 is 1.20. The third-order valence-electron chi connectivity index (χ3n) is 2.00. The van der Waals surface area contributed by atoms with E-state index in [4.69, 9.17) is 0 Å². The average Bonchev–Trinajstić information content (AvgIpc) is 2.74. The minimum atomic E-state index is 0.0626. The van der Waals surface area contributed by atoms with E-state index in [1.54, 1.807) is 23.1 Å². The fourth-order valence-electron chi connectivity index (χ4n) is 1.28. The lowest BCUT2D eigenvalue weighted by molar-refractivity contribution is 0.561. The van der Waals surface area contributed by atoms with Crippen LogP contribution in [-0.4, -0.2) is 20.2 Å². The van der Waals surface area contributed by atoms with Crippen molar-refractivity contribution < 1.29 is 0 Å². The van der Waals surface area contributed by atoms with E-state index in [0.717, 1.165) is 15.9 Å². The van der Waals surface area contributed by atoms with E-state index < -0.39 is 0 Å². The smallest absolute Gasteiger partial charge is 0.189 e. The van der Waals surface area contributed by atoms with Crippen molar-refractivity contribution in [2.24, 2.45) is 0 Å². The van der Waals surface area contributed by atoms with E-state index in [9.17, 15) is 0 Å². The van der Waals surface area contributed by atoms with Gasteiger partial charge in [-0.05, 0) is 18.7 Å². The lowest BCUT2D eigenvalue weighted by atomic mass is 9.93. The number of H-pyrrole nitrogens is 1. The van der Waals surface area contributed by atoms with Crippen LogP contribution in [0.3, 0.4) is 0 Å². The average molecular weight is 254 g/mol. The van der Waals surface area contributed by atoms with E-state index >= 15 is 0 Å². The van der Waals surface area contributed by atoms with Crippen LogP contribution in [0.4, 0.5) is 0 Å². The van der Waals surface area contributed by atoms with Gasteiger partial charge in [-0.1, -0.05) is 20.8 Å². The molecule has 0 aromatic carbocycles. The zero-order valence-electron chi connectivity index (χ0n) is 9.74. The second-order valence-corrected chi connectivity index (χ2v) is 6.97. The lowest BCUT2D eigenvalue weighted by Crippen LogP contribution is -2.12. The van der Waals surface area contributed by atoms with Gasteiger partial charge in [0.15, 0.2) is 5.16 Å². The molecule has 0 aliphatic carbocycles. The summed E-state index contributed by atoms with van der Waals surface area (Å²) in [5.41, 5.74) is 1.20. The van der Waals surface area contributed by atoms with Gasteiger partial charge in [-0.2, -0.15) is 5.10 Å². The van der Waals surface area contributed by atoms with Gasteiger partial charge in [-0.25, -0.2) is 9.97 Å². The Labute approximate surface area is 103 Å². The van der Waals surface area contributed by atoms with Crippen molar-refractivity contribution in [1.82, 2.24) is 20.2 Å². The van der Waals surface area contributed by atoms with Crippen molar-refractivity contribution in [2.45, 2.75) is 42.5 Å². The van der Waals surface area contributed by atoms with Crippen LogP contribution in [0.2, 0.25) is 0 Å². The van der Waals surface area contributed by atoms with Gasteiger partial charge in [0.05, 0.1) is 14.9 Å². The number of aryl methyl sites for hydroxylation is 1. The molecular weight excluding hydrogens is 240 g/mol. The summed E-state index contributed by atoms with van der Waals surface area (Å²) in [4.78, 5) is 8.72. The highest BCUT2D eigenvalue weighted by molar-refractivity contribution is 8.01. The van der Waals surface area contributed by atoms with Gasteiger partial charge in [-0.15, -0.1) is 11.3 Å². The Bertz CT molecular complexity index is 467. The Balaban J connectivity index is 2.34. The fourth-order valence-corrected chi connectivity index (χ4v) is 3.72. The predicted octanol–water partition coefficient (Wildman–Crippen LogP) is 3.02. The van der Waals surface area contributed by atoms with E-state index in [2.05, 4.69) is 40.9 Å². The molecule has 86 valence electrons. The molecular formula is C10H14N4S2. The number of nitrogens with zero attached hydrogens (tertiary/aromatic N) is 3. The van der Waals surface area contributed by atoms with Crippen molar-refractivity contribution >= 4 is 23.1 Å². The molecule has 0 aliphatic rings. The van der Waals surface area contributed by atoms with Gasteiger partial charge in [0.1, 0.15) is 6.33 Å². The minimum absolute atomic E-state index is 0.0626. The second kappa shape index (κ2) is 4.18. The van der Waals surface area contributed by atoms with Crippen LogP contribution in [0.1, 0.15) is 31.5 Å². The Morgan fingerprint density at radius 2 is 2.12 bits per heavy atom. The molecule has 0 aliphatic heterocycles. The van der Waals surface area contributed by atoms with Gasteiger partial charge in [-0.3, -0.25) is 5.10 Å². The van der Waals surface area contributed by atoms with E-state index in [0.29, 0.717) is 0 Å². The molecule has 2 heterocycles. The maximum absolute atomic E-state index is 4.60. The van der Waals surface area contributed by atoms with Crippen LogP contribution >= 0.6 is 23.1 Å². The highest BCUT2D eigenvalue weighted by Gasteiger charge is 2.23. The third kappa shape index (κ3) is 2.44. The molecule has 0 saturated carbocycles. The Morgan fingerprint density at radius 3 is 2.69 bits per heavy atom. The molecule has 1 N–H and O–H groups in total. The third-order valence-corrected chi connectivity index (χ3v) is 4.03. The van der Waals surface area contributed by atoms with Crippen LogP contribution in [0, 0.1) is 6.92 Å². The summed E-state index contributed by atoms with van der Waals surface area (Å²) in [5.74, 6) is 0. The molecule has 16 heavy (non-hydrogen) atoms. The molecule has 2 aromatic heterocycles. The largest absolute Gasteiger partial charge is 0.254 e. The number of nitrogens with one attached hydrogen (secondary N) is 1. The van der Waals surface area contributed by atoms with Gasteiger partial charge in [0, 0.05) is 5.41 Å². The molecule has 0 radical (unpaired) electrons. The quantitative estimate of drug-likeness (QED) is 0.895. The van der Waals surface area contributed by atoms with Crippen LogP contribution in [0.15, 0.2) is 15.7 Å². The molecule has 0 unspecified atom stereocenters. The molecule has 0 amide bonds. The maximum atomic E-state index is 4.60. The van der Waals surface area contributed by atoms with Gasteiger partial charge < -0.3 is 0 Å². The van der Waals surface area contributed by atoms with Crippen LogP contribution in [0.5, 0.6) is 0 Å². The monoisotopic (exact) mass is 254 g/mol. The molecule has 2 aromatic rings. The van der Waals surface area contributed by atoms with E-state index in [1.807, 2.05) is 6.92 Å². The Hall–Kier alpha value is -0.880. The number of rotatable bonds is 2. The maximum Gasteiger partial charge on any atom is 0.189 e. The zero-order chi connectivity index (χ0) is 11.8. The van der Waals surface area contributed by atoms with Gasteiger partial charge in [0.25, 0.3) is 0 Å². The highest BCUT2D eigenvalue weighted by Crippen LogP contribution is 2.38. The molecule has 0 atom stereocenters. The first-order valence-electron chi connectivity index (χ1n) is 4.98. The Kier molecular flexibility index (Phi) is 3.03. The summed E-state index contributed by atoms with van der Waals surface area (Å²) in [5, 5.41) is 8.60. The number of aromatic nitrogens is 4. The topological polar surface area (TPSA) is 54.5 Å². The first-order chi connectivity index (χ1) is 7.47. The first-order valence-corrected chi connectivity index (χ1v) is 6.61. The summed E-state index contributed by atoms with van der Waals surface area (Å²) >= 11 is 3.30. The molecule has 6 heteroatoms.